The van der Waals surface area contributed by atoms with E-state index in [0.717, 1.165) is 50.6 Å². The van der Waals surface area contributed by atoms with Gasteiger partial charge in [0.2, 0.25) is 0 Å². The zero-order chi connectivity index (χ0) is 18.1. The number of aliphatic hydroxyl groups excluding tert-OH is 1. The van der Waals surface area contributed by atoms with Gasteiger partial charge in [0, 0.05) is 12.1 Å². The van der Waals surface area contributed by atoms with Crippen LogP contribution in [0, 0.1) is 0 Å². The maximum Gasteiger partial charge on any atom is 0.407 e. The molecule has 2 rings (SSSR count). The molecular weight excluding hydrogens is 316 g/mol. The Bertz CT molecular complexity index is 509. The second-order valence-corrected chi connectivity index (χ2v) is 6.79. The minimum atomic E-state index is -0.369. The molecule has 0 spiro atoms. The molecule has 25 heavy (non-hydrogen) atoms. The molecule has 0 aromatic heterocycles. The van der Waals surface area contributed by atoms with Crippen LogP contribution in [0.4, 0.5) is 4.79 Å². The van der Waals surface area contributed by atoms with Crippen LogP contribution >= 0.6 is 0 Å². The lowest BCUT2D eigenvalue weighted by atomic mass is 9.89. The third-order valence-corrected chi connectivity index (χ3v) is 5.17. The summed E-state index contributed by atoms with van der Waals surface area (Å²) in [6.07, 6.45) is 6.02. The van der Waals surface area contributed by atoms with Crippen molar-refractivity contribution in [2.45, 2.75) is 63.6 Å². The minimum Gasteiger partial charge on any atom is -0.453 e. The number of unbranched alkanes of at least 4 members (excludes halogenated alkanes) is 1. The molecule has 2 N–H and O–H groups in total. The first-order chi connectivity index (χ1) is 12.2. The van der Waals surface area contributed by atoms with Crippen molar-refractivity contribution in [3.8, 4) is 0 Å². The lowest BCUT2D eigenvalue weighted by Crippen LogP contribution is -2.55. The normalized spacial score (nSPS) is 20.7. The number of alkyl carbamates (subject to hydrolysis) is 1. The van der Waals surface area contributed by atoms with Crippen molar-refractivity contribution in [3.63, 3.8) is 0 Å². The number of nitrogens with one attached hydrogen (secondary N) is 1. The van der Waals surface area contributed by atoms with E-state index >= 15 is 0 Å². The van der Waals surface area contributed by atoms with Gasteiger partial charge in [0.1, 0.15) is 0 Å². The third kappa shape index (κ3) is 5.44. The average molecular weight is 348 g/mol. The van der Waals surface area contributed by atoms with Crippen LogP contribution in [0.25, 0.3) is 0 Å². The highest BCUT2D eigenvalue weighted by molar-refractivity contribution is 5.67. The van der Waals surface area contributed by atoms with Gasteiger partial charge >= 0.3 is 6.09 Å². The largest absolute Gasteiger partial charge is 0.453 e. The summed E-state index contributed by atoms with van der Waals surface area (Å²) in [5.41, 5.74) is 1.13. The molecular formula is C20H32N2O3. The number of piperidine rings is 1. The highest BCUT2D eigenvalue weighted by atomic mass is 16.5. The number of methoxy groups -OCH3 is 1. The molecule has 1 aliphatic heterocycles. The fourth-order valence-electron chi connectivity index (χ4n) is 3.87. The van der Waals surface area contributed by atoms with Crippen LogP contribution in [0.2, 0.25) is 0 Å². The zero-order valence-electron chi connectivity index (χ0n) is 15.5. The standard InChI is InChI=1S/C20H32N2O3/c1-3-4-12-17(21-20(24)25-2)18-13-8-9-14-22(18)19(15-23)16-10-6-5-7-11-16/h5-7,10-11,17-19,23H,3-4,8-9,12-15H2,1-2H3,(H,21,24)/t17-,18+,19+/m1/s1. The average Bonchev–Trinajstić information content (AvgIpc) is 2.67. The second-order valence-electron chi connectivity index (χ2n) is 6.79. The van der Waals surface area contributed by atoms with Gasteiger partial charge in [-0.2, -0.15) is 0 Å². The van der Waals surface area contributed by atoms with Gasteiger partial charge in [-0.1, -0.05) is 56.5 Å². The number of aliphatic hydroxyl groups is 1. The SMILES string of the molecule is CCCC[C@@H](NC(=O)OC)[C@@H]1CCCCN1[C@@H](CO)c1ccccc1. The second kappa shape index (κ2) is 10.4. The molecule has 140 valence electrons. The first kappa shape index (κ1) is 19.7. The van der Waals surface area contributed by atoms with Gasteiger partial charge in [0.05, 0.1) is 19.8 Å². The van der Waals surface area contributed by atoms with E-state index in [9.17, 15) is 9.90 Å². The molecule has 0 aliphatic carbocycles. The summed E-state index contributed by atoms with van der Waals surface area (Å²) >= 11 is 0. The number of hydrogen-bond donors (Lipinski definition) is 2. The van der Waals surface area contributed by atoms with Crippen molar-refractivity contribution in [1.29, 1.82) is 0 Å². The van der Waals surface area contributed by atoms with Crippen LogP contribution in [0.3, 0.4) is 0 Å². The predicted octanol–water partition coefficient (Wildman–Crippen LogP) is 3.49. The van der Waals surface area contributed by atoms with Gasteiger partial charge < -0.3 is 15.2 Å². The Labute approximate surface area is 151 Å². The summed E-state index contributed by atoms with van der Waals surface area (Å²) in [5.74, 6) is 0. The van der Waals surface area contributed by atoms with E-state index in [1.807, 2.05) is 18.2 Å². The smallest absolute Gasteiger partial charge is 0.407 e. The number of nitrogens with zero attached hydrogens (tertiary/aromatic N) is 1. The monoisotopic (exact) mass is 348 g/mol. The van der Waals surface area contributed by atoms with E-state index in [1.165, 1.54) is 7.11 Å². The Morgan fingerprint density at radius 2 is 2.12 bits per heavy atom. The van der Waals surface area contributed by atoms with Gasteiger partial charge in [-0.25, -0.2) is 4.79 Å². The van der Waals surface area contributed by atoms with Crippen LogP contribution in [-0.2, 0) is 4.74 Å². The van der Waals surface area contributed by atoms with Gasteiger partial charge in [0.25, 0.3) is 0 Å². The van der Waals surface area contributed by atoms with Gasteiger partial charge in [-0.3, -0.25) is 4.90 Å². The molecule has 5 nitrogen and oxygen atoms in total. The molecule has 1 heterocycles. The fourth-order valence-corrected chi connectivity index (χ4v) is 3.87. The summed E-state index contributed by atoms with van der Waals surface area (Å²) < 4.78 is 4.84. The molecule has 0 bridgehead atoms. The highest BCUT2D eigenvalue weighted by Gasteiger charge is 2.35. The molecule has 1 fully saturated rings. The Hall–Kier alpha value is -1.59. The Kier molecular flexibility index (Phi) is 8.22. The van der Waals surface area contributed by atoms with Gasteiger partial charge in [0.15, 0.2) is 0 Å². The van der Waals surface area contributed by atoms with Crippen LogP contribution in [0.15, 0.2) is 30.3 Å². The van der Waals surface area contributed by atoms with E-state index in [-0.39, 0.29) is 30.8 Å². The number of benzene rings is 1. The number of hydrogen-bond acceptors (Lipinski definition) is 4. The van der Waals surface area contributed by atoms with Crippen molar-refractivity contribution < 1.29 is 14.6 Å². The summed E-state index contributed by atoms with van der Waals surface area (Å²) in [7, 11) is 1.41. The van der Waals surface area contributed by atoms with E-state index in [0.29, 0.717) is 0 Å². The maximum absolute atomic E-state index is 11.8. The molecule has 1 aromatic carbocycles. The van der Waals surface area contributed by atoms with Crippen LogP contribution < -0.4 is 5.32 Å². The molecule has 1 saturated heterocycles. The third-order valence-electron chi connectivity index (χ3n) is 5.17. The lowest BCUT2D eigenvalue weighted by Gasteiger charge is -2.44. The summed E-state index contributed by atoms with van der Waals surface area (Å²) in [4.78, 5) is 14.2. The number of carbonyl (C=O) groups excluding carboxylic acids is 1. The first-order valence-electron chi connectivity index (χ1n) is 9.47. The van der Waals surface area contributed by atoms with Crippen LogP contribution in [0.5, 0.6) is 0 Å². The quantitative estimate of drug-likeness (QED) is 0.755. The molecule has 5 heteroatoms. The number of rotatable bonds is 8. The molecule has 0 saturated carbocycles. The topological polar surface area (TPSA) is 61.8 Å². The summed E-state index contributed by atoms with van der Waals surface area (Å²) in [5, 5.41) is 13.1. The van der Waals surface area contributed by atoms with Gasteiger partial charge in [-0.05, 0) is 31.4 Å². The van der Waals surface area contributed by atoms with Crippen molar-refractivity contribution >= 4 is 6.09 Å². The van der Waals surface area contributed by atoms with Crippen LogP contribution in [-0.4, -0.2) is 48.4 Å². The zero-order valence-corrected chi connectivity index (χ0v) is 15.5. The van der Waals surface area contributed by atoms with Crippen molar-refractivity contribution in [1.82, 2.24) is 10.2 Å². The Morgan fingerprint density at radius 1 is 1.36 bits per heavy atom. The maximum atomic E-state index is 11.8. The number of likely N-dealkylation sites (tertiary alicyclic amines) is 1. The van der Waals surface area contributed by atoms with E-state index in [1.54, 1.807) is 0 Å². The van der Waals surface area contributed by atoms with Gasteiger partial charge in [-0.15, -0.1) is 0 Å². The Balaban J connectivity index is 2.21. The Morgan fingerprint density at radius 3 is 2.76 bits per heavy atom. The fraction of sp³-hybridized carbons (Fsp3) is 0.650. The predicted molar refractivity (Wildman–Crippen MR) is 99.5 cm³/mol. The molecule has 1 aliphatic rings. The highest BCUT2D eigenvalue weighted by Crippen LogP contribution is 2.31. The van der Waals surface area contributed by atoms with Crippen molar-refractivity contribution in [2.75, 3.05) is 20.3 Å². The molecule has 0 unspecified atom stereocenters. The molecule has 3 atom stereocenters. The molecule has 1 aromatic rings. The number of ether oxygens (including phenoxy) is 1. The van der Waals surface area contributed by atoms with Crippen molar-refractivity contribution in [3.05, 3.63) is 35.9 Å². The van der Waals surface area contributed by atoms with E-state index < -0.39 is 0 Å². The van der Waals surface area contributed by atoms with Crippen molar-refractivity contribution in [2.24, 2.45) is 0 Å². The van der Waals surface area contributed by atoms with Crippen LogP contribution in [0.1, 0.15) is 57.1 Å². The number of amides is 1. The van der Waals surface area contributed by atoms with E-state index in [2.05, 4.69) is 29.3 Å². The van der Waals surface area contributed by atoms with E-state index in [4.69, 9.17) is 4.74 Å². The number of carbonyl (C=O) groups is 1. The lowest BCUT2D eigenvalue weighted by molar-refractivity contribution is 0.0353. The first-order valence-corrected chi connectivity index (χ1v) is 9.47. The summed E-state index contributed by atoms with van der Waals surface area (Å²) in [6, 6.07) is 10.4. The summed E-state index contributed by atoms with van der Waals surface area (Å²) in [6.45, 7) is 3.18. The molecule has 0 radical (unpaired) electrons. The minimum absolute atomic E-state index is 0.0323. The molecule has 1 amide bonds.